The van der Waals surface area contributed by atoms with Crippen LogP contribution in [0.4, 0.5) is 5.69 Å². The van der Waals surface area contributed by atoms with Crippen molar-refractivity contribution in [1.29, 1.82) is 0 Å². The van der Waals surface area contributed by atoms with E-state index in [2.05, 4.69) is 64.0 Å². The number of nitrogens with zero attached hydrogens (tertiary/aromatic N) is 2. The summed E-state index contributed by atoms with van der Waals surface area (Å²) in [4.78, 5) is 6.99. The van der Waals surface area contributed by atoms with Crippen molar-refractivity contribution in [2.45, 2.75) is 42.5 Å². The number of thioether (sulfide) groups is 1. The van der Waals surface area contributed by atoms with Crippen LogP contribution in [0, 0.1) is 0 Å². The zero-order valence-corrected chi connectivity index (χ0v) is 17.6. The van der Waals surface area contributed by atoms with Crippen LogP contribution in [0.25, 0.3) is 0 Å². The SMILES string of the molecule is COc1ccccc1CCCN1CC[C@H]2[C@@H](C1)c1cccc3c1N2CCCS3. The molecule has 0 unspecified atom stereocenters. The Morgan fingerprint density at radius 1 is 1.11 bits per heavy atom. The van der Waals surface area contributed by atoms with Crippen LogP contribution in [0.15, 0.2) is 47.4 Å². The lowest BCUT2D eigenvalue weighted by Gasteiger charge is -2.39. The second kappa shape index (κ2) is 8.00. The lowest BCUT2D eigenvalue weighted by Crippen LogP contribution is -2.46. The van der Waals surface area contributed by atoms with Gasteiger partial charge >= 0.3 is 0 Å². The Kier molecular flexibility index (Phi) is 5.25. The highest BCUT2D eigenvalue weighted by Crippen LogP contribution is 2.50. The highest BCUT2D eigenvalue weighted by atomic mass is 32.2. The van der Waals surface area contributed by atoms with E-state index in [4.69, 9.17) is 4.74 Å². The maximum Gasteiger partial charge on any atom is 0.122 e. The largest absolute Gasteiger partial charge is 0.496 e. The molecule has 5 rings (SSSR count). The molecule has 4 heteroatoms. The van der Waals surface area contributed by atoms with Crippen molar-refractivity contribution >= 4 is 17.4 Å². The molecule has 0 bridgehead atoms. The van der Waals surface area contributed by atoms with Gasteiger partial charge < -0.3 is 14.5 Å². The van der Waals surface area contributed by atoms with Crippen LogP contribution in [-0.2, 0) is 6.42 Å². The van der Waals surface area contributed by atoms with E-state index in [0.717, 1.165) is 18.2 Å². The van der Waals surface area contributed by atoms with E-state index in [1.54, 1.807) is 18.4 Å². The minimum atomic E-state index is 0.689. The molecule has 3 aliphatic heterocycles. The molecule has 0 spiro atoms. The zero-order valence-electron chi connectivity index (χ0n) is 16.8. The van der Waals surface area contributed by atoms with Crippen LogP contribution >= 0.6 is 11.8 Å². The van der Waals surface area contributed by atoms with Gasteiger partial charge in [0.2, 0.25) is 0 Å². The van der Waals surface area contributed by atoms with Gasteiger partial charge in [0, 0.05) is 36.5 Å². The number of aryl methyl sites for hydroxylation is 1. The van der Waals surface area contributed by atoms with Crippen molar-refractivity contribution in [1.82, 2.24) is 4.90 Å². The Hall–Kier alpha value is -1.65. The Bertz CT molecular complexity index is 839. The van der Waals surface area contributed by atoms with E-state index in [1.165, 1.54) is 61.7 Å². The number of piperidine rings is 1. The average Bonchev–Trinajstić information content (AvgIpc) is 2.89. The topological polar surface area (TPSA) is 15.7 Å². The van der Waals surface area contributed by atoms with Gasteiger partial charge in [0.15, 0.2) is 0 Å². The van der Waals surface area contributed by atoms with Crippen LogP contribution in [0.5, 0.6) is 5.75 Å². The summed E-state index contributed by atoms with van der Waals surface area (Å²) < 4.78 is 5.51. The van der Waals surface area contributed by atoms with Crippen LogP contribution in [0.1, 0.15) is 36.3 Å². The molecular formula is C24H30N2OS. The van der Waals surface area contributed by atoms with E-state index < -0.39 is 0 Å². The van der Waals surface area contributed by atoms with Crippen molar-refractivity contribution in [3.05, 3.63) is 53.6 Å². The van der Waals surface area contributed by atoms with E-state index in [1.807, 2.05) is 0 Å². The van der Waals surface area contributed by atoms with E-state index in [9.17, 15) is 0 Å². The summed E-state index contributed by atoms with van der Waals surface area (Å²) in [7, 11) is 1.77. The van der Waals surface area contributed by atoms with E-state index in [0.29, 0.717) is 5.92 Å². The molecule has 0 aromatic heterocycles. The van der Waals surface area contributed by atoms with Gasteiger partial charge in [-0.3, -0.25) is 0 Å². The Balaban J connectivity index is 1.26. The van der Waals surface area contributed by atoms with Gasteiger partial charge in [-0.25, -0.2) is 0 Å². The summed E-state index contributed by atoms with van der Waals surface area (Å²) in [6.45, 7) is 4.88. The van der Waals surface area contributed by atoms with Gasteiger partial charge in [-0.05, 0) is 61.2 Å². The van der Waals surface area contributed by atoms with Gasteiger partial charge in [-0.1, -0.05) is 30.3 Å². The Labute approximate surface area is 173 Å². The summed E-state index contributed by atoms with van der Waals surface area (Å²) >= 11 is 2.06. The fourth-order valence-corrected chi connectivity index (χ4v) is 6.45. The third-order valence-electron chi connectivity index (χ3n) is 6.69. The summed E-state index contributed by atoms with van der Waals surface area (Å²) in [6.07, 6.45) is 4.91. The molecule has 0 N–H and O–H groups in total. The predicted molar refractivity (Wildman–Crippen MR) is 118 cm³/mol. The minimum absolute atomic E-state index is 0.689. The van der Waals surface area contributed by atoms with Crippen LogP contribution in [0.2, 0.25) is 0 Å². The molecule has 0 aliphatic carbocycles. The summed E-state index contributed by atoms with van der Waals surface area (Å²) in [5.74, 6) is 2.98. The molecule has 1 saturated heterocycles. The molecule has 0 amide bonds. The second-order valence-corrected chi connectivity index (χ2v) is 9.40. The molecule has 2 aromatic rings. The highest BCUT2D eigenvalue weighted by Gasteiger charge is 2.43. The maximum atomic E-state index is 5.51. The van der Waals surface area contributed by atoms with Crippen molar-refractivity contribution in [3.63, 3.8) is 0 Å². The van der Waals surface area contributed by atoms with E-state index in [-0.39, 0.29) is 0 Å². The number of hydrogen-bond acceptors (Lipinski definition) is 4. The van der Waals surface area contributed by atoms with Gasteiger partial charge in [0.25, 0.3) is 0 Å². The minimum Gasteiger partial charge on any atom is -0.496 e. The number of likely N-dealkylation sites (tertiary alicyclic amines) is 1. The van der Waals surface area contributed by atoms with Crippen LogP contribution in [0.3, 0.4) is 0 Å². The molecule has 3 aliphatic rings. The average molecular weight is 395 g/mol. The lowest BCUT2D eigenvalue weighted by molar-refractivity contribution is 0.191. The molecule has 3 nitrogen and oxygen atoms in total. The number of fused-ring (bicyclic) bond motifs is 3. The second-order valence-electron chi connectivity index (χ2n) is 8.27. The molecular weight excluding hydrogens is 364 g/mol. The number of rotatable bonds is 5. The van der Waals surface area contributed by atoms with Crippen molar-refractivity contribution < 1.29 is 4.74 Å². The lowest BCUT2D eigenvalue weighted by atomic mass is 9.89. The number of ether oxygens (including phenoxy) is 1. The fraction of sp³-hybridized carbons (Fsp3) is 0.500. The Morgan fingerprint density at radius 2 is 2.04 bits per heavy atom. The summed E-state index contributed by atoms with van der Waals surface area (Å²) in [5.41, 5.74) is 4.53. The van der Waals surface area contributed by atoms with Crippen LogP contribution < -0.4 is 9.64 Å². The number of para-hydroxylation sites is 2. The third kappa shape index (κ3) is 3.31. The number of benzene rings is 2. The number of methoxy groups -OCH3 is 1. The molecule has 0 saturated carbocycles. The van der Waals surface area contributed by atoms with Crippen molar-refractivity contribution in [2.24, 2.45) is 0 Å². The zero-order chi connectivity index (χ0) is 18.9. The monoisotopic (exact) mass is 394 g/mol. The van der Waals surface area contributed by atoms with Crippen molar-refractivity contribution in [3.8, 4) is 5.75 Å². The Morgan fingerprint density at radius 3 is 2.96 bits per heavy atom. The predicted octanol–water partition coefficient (Wildman–Crippen LogP) is 4.80. The maximum absolute atomic E-state index is 5.51. The first-order valence-corrected chi connectivity index (χ1v) is 11.7. The molecule has 1 fully saturated rings. The van der Waals surface area contributed by atoms with Gasteiger partial charge in [0.05, 0.1) is 12.8 Å². The molecule has 0 radical (unpaired) electrons. The molecule has 28 heavy (non-hydrogen) atoms. The first-order valence-electron chi connectivity index (χ1n) is 10.7. The molecule has 148 valence electrons. The number of anilines is 1. The molecule has 3 heterocycles. The standard InChI is InChI=1S/C24H30N2OS/c1-27-22-10-3-2-7-18(22)8-5-13-25-15-12-21-20(17-25)19-9-4-11-23-24(19)26(21)14-6-16-28-23/h2-4,7,9-11,20-21H,5-6,8,12-17H2,1H3/t20-,21-/m0/s1. The van der Waals surface area contributed by atoms with E-state index >= 15 is 0 Å². The normalized spacial score (nSPS) is 23.8. The first kappa shape index (κ1) is 18.4. The van der Waals surface area contributed by atoms with Gasteiger partial charge in [-0.15, -0.1) is 11.8 Å². The highest BCUT2D eigenvalue weighted by molar-refractivity contribution is 7.99. The van der Waals surface area contributed by atoms with Crippen molar-refractivity contribution in [2.75, 3.05) is 43.9 Å². The van der Waals surface area contributed by atoms with Crippen LogP contribution in [-0.4, -0.2) is 50.0 Å². The third-order valence-corrected chi connectivity index (χ3v) is 7.82. The van der Waals surface area contributed by atoms with Gasteiger partial charge in [-0.2, -0.15) is 0 Å². The smallest absolute Gasteiger partial charge is 0.122 e. The fourth-order valence-electron chi connectivity index (χ4n) is 5.41. The molecule has 2 atom stereocenters. The molecule has 2 aromatic carbocycles. The summed E-state index contributed by atoms with van der Waals surface area (Å²) in [6, 6.07) is 16.2. The van der Waals surface area contributed by atoms with Gasteiger partial charge in [0.1, 0.15) is 5.75 Å². The first-order chi connectivity index (χ1) is 13.8. The summed E-state index contributed by atoms with van der Waals surface area (Å²) in [5, 5.41) is 0. The number of hydrogen-bond donors (Lipinski definition) is 0. The quantitative estimate of drug-likeness (QED) is 0.723.